The van der Waals surface area contributed by atoms with Crippen LogP contribution in [0.5, 0.6) is 11.5 Å². The highest BCUT2D eigenvalue weighted by atomic mass is 19.4. The van der Waals surface area contributed by atoms with Crippen molar-refractivity contribution in [1.82, 2.24) is 20.1 Å². The Bertz CT molecular complexity index is 1360. The average molecular weight is 469 g/mol. The molecule has 2 amide bonds. The van der Waals surface area contributed by atoms with Crippen LogP contribution < -0.4 is 10.1 Å². The van der Waals surface area contributed by atoms with E-state index in [2.05, 4.69) is 20.5 Å². The molecule has 4 aromatic rings. The Balaban J connectivity index is 1.48. The lowest BCUT2D eigenvalue weighted by Crippen LogP contribution is -2.22. The second kappa shape index (κ2) is 8.85. The molecule has 0 radical (unpaired) electrons. The molecule has 174 valence electrons. The molecule has 0 fully saturated rings. The molecule has 2 N–H and O–H groups in total. The van der Waals surface area contributed by atoms with Crippen LogP contribution in [0.15, 0.2) is 60.8 Å². The Morgan fingerprint density at radius 2 is 1.74 bits per heavy atom. The van der Waals surface area contributed by atoms with Crippen molar-refractivity contribution >= 4 is 28.4 Å². The number of halogens is 3. The van der Waals surface area contributed by atoms with Gasteiger partial charge in [-0.1, -0.05) is 0 Å². The Hall–Kier alpha value is -4.41. The zero-order chi connectivity index (χ0) is 24.5. The molecular weight excluding hydrogens is 451 g/mol. The summed E-state index contributed by atoms with van der Waals surface area (Å²) in [5.74, 6) is -0.0927. The van der Waals surface area contributed by atoms with Crippen LogP contribution in [-0.4, -0.2) is 46.0 Å². The molecule has 2 heterocycles. The lowest BCUT2D eigenvalue weighted by molar-refractivity contribution is -0.137. The van der Waals surface area contributed by atoms with Crippen LogP contribution in [0.4, 0.5) is 18.9 Å². The maximum absolute atomic E-state index is 13.0. The van der Waals surface area contributed by atoms with E-state index in [9.17, 15) is 22.8 Å². The van der Waals surface area contributed by atoms with E-state index in [1.165, 1.54) is 23.2 Å². The fourth-order valence-electron chi connectivity index (χ4n) is 3.12. The topological polar surface area (TPSA) is 100 Å². The molecule has 0 aliphatic carbocycles. The van der Waals surface area contributed by atoms with Gasteiger partial charge in [-0.2, -0.15) is 18.3 Å². The van der Waals surface area contributed by atoms with Gasteiger partial charge in [0.25, 0.3) is 11.8 Å². The number of nitrogens with zero attached hydrogens (tertiary/aromatic N) is 3. The van der Waals surface area contributed by atoms with Crippen molar-refractivity contribution in [2.45, 2.75) is 6.18 Å². The number of H-pyrrole nitrogens is 1. The number of carbonyl (C=O) groups excluding carboxylic acids is 2. The fraction of sp³-hybridized carbons (Fsp3) is 0.130. The van der Waals surface area contributed by atoms with Crippen molar-refractivity contribution < 1.29 is 27.5 Å². The van der Waals surface area contributed by atoms with Gasteiger partial charge in [-0.3, -0.25) is 19.7 Å². The first-order valence-electron chi connectivity index (χ1n) is 9.94. The lowest BCUT2D eigenvalue weighted by atomic mass is 10.1. The van der Waals surface area contributed by atoms with Gasteiger partial charge in [-0.15, -0.1) is 0 Å². The number of fused-ring (bicyclic) bond motifs is 1. The minimum atomic E-state index is -4.54. The highest BCUT2D eigenvalue weighted by Crippen LogP contribution is 2.32. The lowest BCUT2D eigenvalue weighted by Gasteiger charge is -2.11. The zero-order valence-electron chi connectivity index (χ0n) is 18.0. The summed E-state index contributed by atoms with van der Waals surface area (Å²) >= 11 is 0. The SMILES string of the molecule is CN(C)C(=O)c1cc(Oc2ccc(NC(=O)c3n[nH]c4ccc(C(F)(F)F)cc34)cc2)ccn1. The molecule has 34 heavy (non-hydrogen) atoms. The number of aromatic amines is 1. The van der Waals surface area contributed by atoms with E-state index >= 15 is 0 Å². The number of hydrogen-bond acceptors (Lipinski definition) is 5. The van der Waals surface area contributed by atoms with Crippen LogP contribution in [0.25, 0.3) is 10.9 Å². The summed E-state index contributed by atoms with van der Waals surface area (Å²) in [6.45, 7) is 0. The van der Waals surface area contributed by atoms with Crippen LogP contribution >= 0.6 is 0 Å². The van der Waals surface area contributed by atoms with Gasteiger partial charge in [0.05, 0.1) is 11.1 Å². The predicted molar refractivity (Wildman–Crippen MR) is 118 cm³/mol. The minimum Gasteiger partial charge on any atom is -0.457 e. The number of rotatable bonds is 5. The van der Waals surface area contributed by atoms with Gasteiger partial charge in [0, 0.05) is 37.4 Å². The summed E-state index contributed by atoms with van der Waals surface area (Å²) in [5, 5.41) is 9.08. The van der Waals surface area contributed by atoms with E-state index in [0.717, 1.165) is 12.1 Å². The number of aromatic nitrogens is 3. The molecule has 0 aliphatic rings. The van der Waals surface area contributed by atoms with Crippen molar-refractivity contribution in [2.24, 2.45) is 0 Å². The van der Waals surface area contributed by atoms with Crippen molar-refractivity contribution in [3.63, 3.8) is 0 Å². The third-order valence-corrected chi connectivity index (χ3v) is 4.81. The number of benzene rings is 2. The molecule has 0 saturated heterocycles. The summed E-state index contributed by atoms with van der Waals surface area (Å²) in [6, 6.07) is 12.5. The molecule has 0 spiro atoms. The van der Waals surface area contributed by atoms with Gasteiger partial charge in [0.2, 0.25) is 0 Å². The van der Waals surface area contributed by atoms with Gasteiger partial charge in [0.15, 0.2) is 5.69 Å². The second-order valence-corrected chi connectivity index (χ2v) is 7.49. The second-order valence-electron chi connectivity index (χ2n) is 7.49. The maximum atomic E-state index is 13.0. The molecule has 0 atom stereocenters. The van der Waals surface area contributed by atoms with E-state index in [0.29, 0.717) is 22.7 Å². The summed E-state index contributed by atoms with van der Waals surface area (Å²) in [6.07, 6.45) is -3.08. The monoisotopic (exact) mass is 469 g/mol. The fourth-order valence-corrected chi connectivity index (χ4v) is 3.12. The molecule has 2 aromatic carbocycles. The predicted octanol–water partition coefficient (Wildman–Crippen LogP) is 4.72. The van der Waals surface area contributed by atoms with Crippen LogP contribution in [0.3, 0.4) is 0 Å². The zero-order valence-corrected chi connectivity index (χ0v) is 18.0. The highest BCUT2D eigenvalue weighted by Gasteiger charge is 2.31. The number of pyridine rings is 1. The third-order valence-electron chi connectivity index (χ3n) is 4.81. The summed E-state index contributed by atoms with van der Waals surface area (Å²) in [5.41, 5.74) is -0.101. The van der Waals surface area contributed by atoms with Gasteiger partial charge >= 0.3 is 6.18 Å². The van der Waals surface area contributed by atoms with E-state index in [1.807, 2.05) is 0 Å². The first-order valence-corrected chi connectivity index (χ1v) is 9.94. The first kappa shape index (κ1) is 22.8. The van der Waals surface area contributed by atoms with Crippen molar-refractivity contribution in [3.8, 4) is 11.5 Å². The average Bonchev–Trinajstić information content (AvgIpc) is 3.23. The molecule has 2 aromatic heterocycles. The van der Waals surface area contributed by atoms with Gasteiger partial charge in [0.1, 0.15) is 17.2 Å². The van der Waals surface area contributed by atoms with E-state index in [-0.39, 0.29) is 22.7 Å². The number of alkyl halides is 3. The van der Waals surface area contributed by atoms with Gasteiger partial charge < -0.3 is 15.0 Å². The van der Waals surface area contributed by atoms with Crippen molar-refractivity contribution in [3.05, 3.63) is 77.7 Å². The molecule has 0 saturated carbocycles. The van der Waals surface area contributed by atoms with Crippen LogP contribution in [-0.2, 0) is 6.18 Å². The van der Waals surface area contributed by atoms with Crippen molar-refractivity contribution in [1.29, 1.82) is 0 Å². The van der Waals surface area contributed by atoms with E-state index in [4.69, 9.17) is 4.74 Å². The summed E-state index contributed by atoms with van der Waals surface area (Å²) in [7, 11) is 3.23. The Labute approximate surface area is 191 Å². The number of carbonyl (C=O) groups is 2. The van der Waals surface area contributed by atoms with Gasteiger partial charge in [-0.25, -0.2) is 0 Å². The number of anilines is 1. The Morgan fingerprint density at radius 3 is 2.41 bits per heavy atom. The van der Waals surface area contributed by atoms with Crippen molar-refractivity contribution in [2.75, 3.05) is 19.4 Å². The molecule has 4 rings (SSSR count). The Kier molecular flexibility index (Phi) is 5.93. The molecule has 0 unspecified atom stereocenters. The maximum Gasteiger partial charge on any atom is 0.416 e. The quantitative estimate of drug-likeness (QED) is 0.441. The normalized spacial score (nSPS) is 11.3. The highest BCUT2D eigenvalue weighted by molar-refractivity contribution is 6.11. The van der Waals surface area contributed by atoms with E-state index in [1.54, 1.807) is 44.4 Å². The number of ether oxygens (including phenoxy) is 1. The molecular formula is C23H18F3N5O3. The summed E-state index contributed by atoms with van der Waals surface area (Å²) < 4.78 is 44.8. The smallest absolute Gasteiger partial charge is 0.416 e. The number of nitrogens with one attached hydrogen (secondary N) is 2. The third kappa shape index (κ3) is 4.82. The Morgan fingerprint density at radius 1 is 1.00 bits per heavy atom. The van der Waals surface area contributed by atoms with Crippen LogP contribution in [0.2, 0.25) is 0 Å². The molecule has 11 heteroatoms. The molecule has 0 bridgehead atoms. The molecule has 0 aliphatic heterocycles. The van der Waals surface area contributed by atoms with Gasteiger partial charge in [-0.05, 0) is 48.5 Å². The summed E-state index contributed by atoms with van der Waals surface area (Å²) in [4.78, 5) is 30.1. The standard InChI is InChI=1S/C23H18F3N5O3/c1-31(2)22(33)19-12-16(9-10-27-19)34-15-6-4-14(5-7-15)28-21(32)20-17-11-13(23(24,25)26)3-8-18(17)29-30-20/h3-12H,1-2H3,(H,28,32)(H,29,30). The van der Waals surface area contributed by atoms with E-state index < -0.39 is 17.6 Å². The van der Waals surface area contributed by atoms with Crippen LogP contribution in [0, 0.1) is 0 Å². The first-order chi connectivity index (χ1) is 16.1. The van der Waals surface area contributed by atoms with Crippen LogP contribution in [0.1, 0.15) is 26.5 Å². The minimum absolute atomic E-state index is 0.0630. The number of hydrogen-bond donors (Lipinski definition) is 2. The largest absolute Gasteiger partial charge is 0.457 e. The molecule has 8 nitrogen and oxygen atoms in total. The number of amides is 2.